The number of carbonyl (C=O) groups excluding carboxylic acids is 1. The van der Waals surface area contributed by atoms with E-state index in [-0.39, 0.29) is 5.78 Å². The number of benzene rings is 2. The number of halogens is 1. The van der Waals surface area contributed by atoms with Gasteiger partial charge in [0.05, 0.1) is 0 Å². The maximum atomic E-state index is 12.4. The summed E-state index contributed by atoms with van der Waals surface area (Å²) in [4.78, 5) is 12.4. The lowest BCUT2D eigenvalue weighted by Crippen LogP contribution is -2.38. The molecule has 98 valence electrons. The van der Waals surface area contributed by atoms with Crippen molar-refractivity contribution in [3.05, 3.63) is 77.0 Å². The van der Waals surface area contributed by atoms with Crippen LogP contribution in [-0.2, 0) is 6.54 Å². The topological polar surface area (TPSA) is 20.9 Å². The molecule has 3 heteroatoms. The number of fused-ring (bicyclic) bond motifs is 1. The molecule has 2 nitrogen and oxygen atoms in total. The molecule has 0 saturated carbocycles. The summed E-state index contributed by atoms with van der Waals surface area (Å²) in [7, 11) is 0. The fraction of sp³-hybridized carbons (Fsp3) is 0.0588. The van der Waals surface area contributed by atoms with Crippen molar-refractivity contribution in [2.75, 3.05) is 0 Å². The van der Waals surface area contributed by atoms with Crippen LogP contribution in [0.1, 0.15) is 10.4 Å². The van der Waals surface area contributed by atoms with E-state index >= 15 is 0 Å². The molecule has 1 aromatic heterocycles. The molecule has 0 spiro atoms. The van der Waals surface area contributed by atoms with Gasteiger partial charge in [-0.3, -0.25) is 4.79 Å². The van der Waals surface area contributed by atoms with Crippen molar-refractivity contribution in [3.8, 4) is 0 Å². The number of hydrogen-bond donors (Lipinski definition) is 0. The Morgan fingerprint density at radius 3 is 2.50 bits per heavy atom. The van der Waals surface area contributed by atoms with Gasteiger partial charge in [-0.05, 0) is 22.9 Å². The molecule has 0 radical (unpaired) electrons. The zero-order valence-electron chi connectivity index (χ0n) is 10.8. The number of pyridine rings is 1. The fourth-order valence-electron chi connectivity index (χ4n) is 2.19. The van der Waals surface area contributed by atoms with E-state index in [1.54, 1.807) is 0 Å². The first-order valence-electron chi connectivity index (χ1n) is 6.40. The van der Waals surface area contributed by atoms with Crippen LogP contribution in [-0.4, -0.2) is 5.78 Å². The molecule has 0 atom stereocenters. The third-order valence-corrected chi connectivity index (χ3v) is 3.99. The summed E-state index contributed by atoms with van der Waals surface area (Å²) in [6.45, 7) is 0.333. The van der Waals surface area contributed by atoms with Gasteiger partial charge in [0.15, 0.2) is 6.20 Å². The van der Waals surface area contributed by atoms with Crippen molar-refractivity contribution in [2.24, 2.45) is 0 Å². The van der Waals surface area contributed by atoms with Gasteiger partial charge in [0, 0.05) is 33.6 Å². The molecular formula is C17H13BrNO+. The largest absolute Gasteiger partial charge is 0.287 e. The molecule has 3 rings (SSSR count). The van der Waals surface area contributed by atoms with Crippen molar-refractivity contribution in [1.29, 1.82) is 0 Å². The lowest BCUT2D eigenvalue weighted by Gasteiger charge is -2.02. The van der Waals surface area contributed by atoms with E-state index < -0.39 is 0 Å². The quantitative estimate of drug-likeness (QED) is 0.407. The minimum absolute atomic E-state index is 0.104. The van der Waals surface area contributed by atoms with Crippen LogP contribution in [0.4, 0.5) is 0 Å². The number of nitrogens with zero attached hydrogens (tertiary/aromatic N) is 1. The van der Waals surface area contributed by atoms with Gasteiger partial charge in [0.25, 0.3) is 0 Å². The van der Waals surface area contributed by atoms with Crippen LogP contribution in [0.25, 0.3) is 10.8 Å². The molecule has 0 N–H and O–H groups in total. The first-order chi connectivity index (χ1) is 9.74. The number of rotatable bonds is 3. The van der Waals surface area contributed by atoms with Gasteiger partial charge >= 0.3 is 0 Å². The van der Waals surface area contributed by atoms with E-state index in [1.165, 1.54) is 0 Å². The third kappa shape index (κ3) is 2.63. The average Bonchev–Trinajstić information content (AvgIpc) is 2.49. The Labute approximate surface area is 125 Å². The predicted octanol–water partition coefficient (Wildman–Crippen LogP) is 3.77. The fourth-order valence-corrected chi connectivity index (χ4v) is 2.59. The van der Waals surface area contributed by atoms with Crippen LogP contribution in [0.3, 0.4) is 0 Å². The summed E-state index contributed by atoms with van der Waals surface area (Å²) >= 11 is 3.45. The maximum absolute atomic E-state index is 12.4. The molecule has 0 amide bonds. The Hall–Kier alpha value is -2.00. The molecular weight excluding hydrogens is 314 g/mol. The SMILES string of the molecule is O=C(C[n+]1ccccc1Br)c1ccc2ccccc2c1. The number of carbonyl (C=O) groups is 1. The highest BCUT2D eigenvalue weighted by Crippen LogP contribution is 2.16. The van der Waals surface area contributed by atoms with Gasteiger partial charge in [-0.1, -0.05) is 36.4 Å². The maximum Gasteiger partial charge on any atom is 0.248 e. The molecule has 0 aliphatic heterocycles. The predicted molar refractivity (Wildman–Crippen MR) is 82.6 cm³/mol. The summed E-state index contributed by atoms with van der Waals surface area (Å²) in [6, 6.07) is 19.7. The normalized spacial score (nSPS) is 10.7. The minimum atomic E-state index is 0.104. The van der Waals surface area contributed by atoms with Gasteiger partial charge in [0.1, 0.15) is 0 Å². The number of hydrogen-bond acceptors (Lipinski definition) is 1. The molecule has 0 aliphatic carbocycles. The zero-order chi connectivity index (χ0) is 13.9. The molecule has 0 fully saturated rings. The van der Waals surface area contributed by atoms with Crippen molar-refractivity contribution in [1.82, 2.24) is 0 Å². The molecule has 3 aromatic rings. The van der Waals surface area contributed by atoms with Crippen LogP contribution < -0.4 is 4.57 Å². The standard InChI is InChI=1S/C17H13BrNO/c18-17-7-3-4-10-19(17)12-16(20)15-9-8-13-5-1-2-6-14(13)11-15/h1-11H,12H2/q+1. The van der Waals surface area contributed by atoms with Crippen LogP contribution in [0, 0.1) is 0 Å². The van der Waals surface area contributed by atoms with Crippen LogP contribution in [0.15, 0.2) is 71.5 Å². The summed E-state index contributed by atoms with van der Waals surface area (Å²) in [6.07, 6.45) is 1.89. The molecule has 0 bridgehead atoms. The monoisotopic (exact) mass is 326 g/mol. The molecule has 20 heavy (non-hydrogen) atoms. The first-order valence-corrected chi connectivity index (χ1v) is 7.19. The summed E-state index contributed by atoms with van der Waals surface area (Å²) in [5.74, 6) is 0.104. The summed E-state index contributed by atoms with van der Waals surface area (Å²) in [5.41, 5.74) is 0.743. The number of aromatic nitrogens is 1. The Bertz CT molecular complexity index is 783. The lowest BCUT2D eigenvalue weighted by atomic mass is 10.0. The van der Waals surface area contributed by atoms with Crippen molar-refractivity contribution >= 4 is 32.5 Å². The van der Waals surface area contributed by atoms with E-state index in [0.29, 0.717) is 6.54 Å². The first kappa shape index (κ1) is 13.0. The Kier molecular flexibility index (Phi) is 3.61. The highest BCUT2D eigenvalue weighted by atomic mass is 79.9. The zero-order valence-corrected chi connectivity index (χ0v) is 12.4. The second-order valence-corrected chi connectivity index (χ2v) is 5.45. The van der Waals surface area contributed by atoms with E-state index in [9.17, 15) is 4.79 Å². The summed E-state index contributed by atoms with van der Waals surface area (Å²) in [5, 5.41) is 2.24. The van der Waals surface area contributed by atoms with Crippen molar-refractivity contribution < 1.29 is 9.36 Å². The van der Waals surface area contributed by atoms with Gasteiger partial charge in [-0.15, -0.1) is 0 Å². The van der Waals surface area contributed by atoms with E-state index in [1.807, 2.05) is 71.4 Å². The third-order valence-electron chi connectivity index (χ3n) is 3.27. The number of Topliss-reactive ketones (excluding diaryl/α,β-unsaturated/α-hetero) is 1. The number of ketones is 1. The molecule has 0 unspecified atom stereocenters. The lowest BCUT2D eigenvalue weighted by molar-refractivity contribution is -0.694. The van der Waals surface area contributed by atoms with Crippen LogP contribution in [0.5, 0.6) is 0 Å². The van der Waals surface area contributed by atoms with E-state index in [2.05, 4.69) is 15.9 Å². The van der Waals surface area contributed by atoms with Crippen LogP contribution >= 0.6 is 15.9 Å². The summed E-state index contributed by atoms with van der Waals surface area (Å²) < 4.78 is 2.78. The van der Waals surface area contributed by atoms with Crippen molar-refractivity contribution in [3.63, 3.8) is 0 Å². The molecule has 0 saturated heterocycles. The Morgan fingerprint density at radius 2 is 1.70 bits per heavy atom. The minimum Gasteiger partial charge on any atom is -0.287 e. The molecule has 1 heterocycles. The molecule has 2 aromatic carbocycles. The second kappa shape index (κ2) is 5.55. The van der Waals surface area contributed by atoms with E-state index in [0.717, 1.165) is 20.9 Å². The van der Waals surface area contributed by atoms with Gasteiger partial charge < -0.3 is 0 Å². The Morgan fingerprint density at radius 1 is 0.950 bits per heavy atom. The Balaban J connectivity index is 1.91. The van der Waals surface area contributed by atoms with Crippen molar-refractivity contribution in [2.45, 2.75) is 6.54 Å². The highest BCUT2D eigenvalue weighted by molar-refractivity contribution is 9.10. The van der Waals surface area contributed by atoms with Gasteiger partial charge in [0.2, 0.25) is 16.9 Å². The average molecular weight is 327 g/mol. The van der Waals surface area contributed by atoms with E-state index in [4.69, 9.17) is 0 Å². The molecule has 0 aliphatic rings. The second-order valence-electron chi connectivity index (χ2n) is 4.64. The smallest absolute Gasteiger partial charge is 0.248 e. The highest BCUT2D eigenvalue weighted by Gasteiger charge is 2.14. The van der Waals surface area contributed by atoms with Gasteiger partial charge in [-0.2, -0.15) is 4.57 Å². The van der Waals surface area contributed by atoms with Crippen LogP contribution in [0.2, 0.25) is 0 Å². The van der Waals surface area contributed by atoms with Gasteiger partial charge in [-0.25, -0.2) is 0 Å².